The number of morpholine rings is 1. The van der Waals surface area contributed by atoms with E-state index in [2.05, 4.69) is 42.5 Å². The summed E-state index contributed by atoms with van der Waals surface area (Å²) in [4.78, 5) is 35.6. The lowest BCUT2D eigenvalue weighted by Crippen LogP contribution is -2.60. The number of ether oxygens (including phenoxy) is 3. The Kier molecular flexibility index (Phi) is 10.8. The van der Waals surface area contributed by atoms with Gasteiger partial charge >= 0.3 is 0 Å². The van der Waals surface area contributed by atoms with Gasteiger partial charge in [-0.2, -0.15) is 0 Å². The number of hydrogen-bond donors (Lipinski definition) is 2. The molecule has 9 rings (SSSR count). The van der Waals surface area contributed by atoms with Crippen molar-refractivity contribution in [1.82, 2.24) is 29.2 Å². The Labute approximate surface area is 340 Å². The van der Waals surface area contributed by atoms with Crippen LogP contribution in [0.25, 0.3) is 28.3 Å². The number of rotatable bonds is 10. The lowest BCUT2D eigenvalue weighted by molar-refractivity contribution is -0.0548. The molecule has 3 aromatic heterocycles. The molecule has 15 heteroatoms. The first-order valence-electron chi connectivity index (χ1n) is 19.9. The molecule has 0 aliphatic carbocycles. The van der Waals surface area contributed by atoms with E-state index in [1.807, 2.05) is 34.9 Å². The molecule has 3 saturated heterocycles. The minimum absolute atomic E-state index is 0.0638. The molecule has 0 unspecified atom stereocenters. The highest BCUT2D eigenvalue weighted by molar-refractivity contribution is 6.07. The van der Waals surface area contributed by atoms with E-state index < -0.39 is 23.2 Å². The van der Waals surface area contributed by atoms with Crippen molar-refractivity contribution >= 4 is 34.6 Å². The molecular weight excluding hydrogens is 757 g/mol. The lowest BCUT2D eigenvalue weighted by atomic mass is 9.99. The quantitative estimate of drug-likeness (QED) is 0.153. The van der Waals surface area contributed by atoms with Gasteiger partial charge in [0.05, 0.1) is 55.8 Å². The summed E-state index contributed by atoms with van der Waals surface area (Å²) in [5.74, 6) is -1.31. The largest absolute Gasteiger partial charge is 0.496 e. The van der Waals surface area contributed by atoms with Crippen molar-refractivity contribution in [2.45, 2.75) is 24.9 Å². The number of carbonyl (C=O) groups excluding carboxylic acids is 1. The van der Waals surface area contributed by atoms with Gasteiger partial charge in [-0.25, -0.2) is 23.7 Å². The molecule has 0 spiro atoms. The monoisotopic (exact) mass is 801 g/mol. The molecule has 6 aromatic rings. The van der Waals surface area contributed by atoms with E-state index in [4.69, 9.17) is 24.2 Å². The molecule has 6 heterocycles. The molecular formula is C44H45F2N9O4. The SMILES string of the molecule is COc1cc(N2CCC(N3CCN4CCOC[C@@H]4C3)CC2)ccc1Nc1nccc(-c2c(-c3ccc(OC)c(C(=O)Nc4c(F)cccc4F)c3)nc3ccccn23)n1. The highest BCUT2D eigenvalue weighted by atomic mass is 19.1. The second kappa shape index (κ2) is 16.6. The van der Waals surface area contributed by atoms with Crippen molar-refractivity contribution in [3.63, 3.8) is 0 Å². The molecule has 3 aliphatic rings. The Morgan fingerprint density at radius 1 is 0.831 bits per heavy atom. The summed E-state index contributed by atoms with van der Waals surface area (Å²) in [6.07, 6.45) is 5.77. The summed E-state index contributed by atoms with van der Waals surface area (Å²) in [6.45, 7) is 8.01. The number of imidazole rings is 1. The first-order valence-corrected chi connectivity index (χ1v) is 19.9. The van der Waals surface area contributed by atoms with Crippen molar-refractivity contribution < 1.29 is 27.8 Å². The van der Waals surface area contributed by atoms with E-state index in [1.165, 1.54) is 13.2 Å². The van der Waals surface area contributed by atoms with Crippen LogP contribution < -0.4 is 25.0 Å². The second-order valence-corrected chi connectivity index (χ2v) is 15.0. The van der Waals surface area contributed by atoms with Gasteiger partial charge in [0.2, 0.25) is 5.95 Å². The van der Waals surface area contributed by atoms with Crippen LogP contribution in [-0.2, 0) is 4.74 Å². The number of amides is 1. The fraction of sp³-hybridized carbons (Fsp3) is 0.318. The number of piperidine rings is 1. The van der Waals surface area contributed by atoms with Crippen molar-refractivity contribution in [3.05, 3.63) is 108 Å². The van der Waals surface area contributed by atoms with Gasteiger partial charge in [-0.1, -0.05) is 12.1 Å². The maximum Gasteiger partial charge on any atom is 0.259 e. The zero-order chi connectivity index (χ0) is 40.5. The smallest absolute Gasteiger partial charge is 0.259 e. The van der Waals surface area contributed by atoms with Crippen LogP contribution in [0.2, 0.25) is 0 Å². The van der Waals surface area contributed by atoms with E-state index in [0.29, 0.717) is 57.8 Å². The Morgan fingerprint density at radius 3 is 2.46 bits per heavy atom. The van der Waals surface area contributed by atoms with Gasteiger partial charge < -0.3 is 29.7 Å². The highest BCUT2D eigenvalue weighted by Crippen LogP contribution is 2.37. The van der Waals surface area contributed by atoms with Crippen LogP contribution in [0, 0.1) is 11.6 Å². The number of anilines is 4. The first-order chi connectivity index (χ1) is 28.9. The van der Waals surface area contributed by atoms with Crippen LogP contribution in [-0.4, -0.2) is 114 Å². The number of fused-ring (bicyclic) bond motifs is 2. The number of hydrogen-bond acceptors (Lipinski definition) is 11. The first kappa shape index (κ1) is 38.4. The third-order valence-electron chi connectivity index (χ3n) is 11.6. The maximum absolute atomic E-state index is 14.5. The number of methoxy groups -OCH3 is 2. The van der Waals surface area contributed by atoms with Crippen molar-refractivity contribution in [3.8, 4) is 34.1 Å². The number of halogens is 2. The molecule has 304 valence electrons. The maximum atomic E-state index is 14.5. The highest BCUT2D eigenvalue weighted by Gasteiger charge is 2.34. The second-order valence-electron chi connectivity index (χ2n) is 15.0. The summed E-state index contributed by atoms with van der Waals surface area (Å²) >= 11 is 0. The van der Waals surface area contributed by atoms with Gasteiger partial charge in [-0.05, 0) is 73.5 Å². The number of pyridine rings is 1. The van der Waals surface area contributed by atoms with Gasteiger partial charge in [0, 0.05) is 81.1 Å². The summed E-state index contributed by atoms with van der Waals surface area (Å²) in [5, 5.41) is 5.72. The van der Waals surface area contributed by atoms with Gasteiger partial charge in [0.15, 0.2) is 0 Å². The van der Waals surface area contributed by atoms with Gasteiger partial charge in [0.25, 0.3) is 5.91 Å². The van der Waals surface area contributed by atoms with Crippen LogP contribution in [0.4, 0.5) is 31.8 Å². The zero-order valence-corrected chi connectivity index (χ0v) is 32.9. The predicted octanol–water partition coefficient (Wildman–Crippen LogP) is 6.73. The van der Waals surface area contributed by atoms with Gasteiger partial charge in [-0.15, -0.1) is 0 Å². The molecule has 0 saturated carbocycles. The Hall–Kier alpha value is -6.16. The minimum atomic E-state index is -0.895. The molecule has 1 amide bonds. The minimum Gasteiger partial charge on any atom is -0.496 e. The van der Waals surface area contributed by atoms with E-state index >= 15 is 0 Å². The number of nitrogens with zero attached hydrogens (tertiary/aromatic N) is 7. The van der Waals surface area contributed by atoms with Crippen LogP contribution >= 0.6 is 0 Å². The molecule has 59 heavy (non-hydrogen) atoms. The number of aromatic nitrogens is 4. The zero-order valence-electron chi connectivity index (χ0n) is 32.9. The number of benzene rings is 3. The molecule has 3 fully saturated rings. The number of para-hydroxylation sites is 1. The third-order valence-corrected chi connectivity index (χ3v) is 11.6. The lowest BCUT2D eigenvalue weighted by Gasteiger charge is -2.48. The average molecular weight is 802 g/mol. The van der Waals surface area contributed by atoms with Crippen LogP contribution in [0.15, 0.2) is 91.3 Å². The number of nitrogens with one attached hydrogen (secondary N) is 2. The molecule has 0 radical (unpaired) electrons. The number of piperazine rings is 1. The van der Waals surface area contributed by atoms with Gasteiger partial charge in [0.1, 0.15) is 34.5 Å². The van der Waals surface area contributed by atoms with E-state index in [0.717, 1.165) is 83.1 Å². The predicted molar refractivity (Wildman–Crippen MR) is 222 cm³/mol. The van der Waals surface area contributed by atoms with Gasteiger partial charge in [-0.3, -0.25) is 19.0 Å². The molecule has 0 bridgehead atoms. The van der Waals surface area contributed by atoms with Crippen molar-refractivity contribution in [2.24, 2.45) is 0 Å². The van der Waals surface area contributed by atoms with Crippen molar-refractivity contribution in [2.75, 3.05) is 82.2 Å². The summed E-state index contributed by atoms with van der Waals surface area (Å²) in [6, 6.07) is 23.0. The normalized spacial score (nSPS) is 17.8. The molecule has 2 N–H and O–H groups in total. The summed E-state index contributed by atoms with van der Waals surface area (Å²) in [5.41, 5.74) is 4.25. The third kappa shape index (κ3) is 7.76. The van der Waals surface area contributed by atoms with Crippen molar-refractivity contribution in [1.29, 1.82) is 0 Å². The van der Waals surface area contributed by atoms with Crippen LogP contribution in [0.5, 0.6) is 11.5 Å². The Balaban J connectivity index is 0.951. The summed E-state index contributed by atoms with van der Waals surface area (Å²) in [7, 11) is 3.07. The standard InChI is InChI=1S/C44H45F2N9O4/c1-57-37-12-9-28(24-32(37)43(56)51-41-33(45)6-5-7-34(41)46)40-42(55-17-4-3-8-39(55)50-40)36-13-16-47-44(49-36)48-35-11-10-30(25-38(35)58-2)52-18-14-29(15-19-52)54-21-20-53-22-23-59-27-31(53)26-54/h3-13,16-17,24-25,29,31H,14-15,18-23,26-27H2,1-2H3,(H,51,56)(H,47,48,49)/t31-/m0/s1. The number of carbonyl (C=O) groups is 1. The fourth-order valence-electron chi connectivity index (χ4n) is 8.52. The summed E-state index contributed by atoms with van der Waals surface area (Å²) < 4.78 is 48.0. The average Bonchev–Trinajstić information content (AvgIpc) is 3.67. The van der Waals surface area contributed by atoms with E-state index in [9.17, 15) is 13.6 Å². The van der Waals surface area contributed by atoms with Crippen LogP contribution in [0.3, 0.4) is 0 Å². The Morgan fingerprint density at radius 2 is 1.64 bits per heavy atom. The molecule has 13 nitrogen and oxygen atoms in total. The van der Waals surface area contributed by atoms with Crippen LogP contribution in [0.1, 0.15) is 23.2 Å². The fourth-order valence-corrected chi connectivity index (χ4v) is 8.52. The molecule has 3 aromatic carbocycles. The molecule has 3 aliphatic heterocycles. The molecule has 1 atom stereocenters. The topological polar surface area (TPSA) is 122 Å². The Bertz CT molecular complexity index is 2470. The van der Waals surface area contributed by atoms with E-state index in [1.54, 1.807) is 37.6 Å². The van der Waals surface area contributed by atoms with E-state index in [-0.39, 0.29) is 11.3 Å².